The van der Waals surface area contributed by atoms with Gasteiger partial charge in [-0.3, -0.25) is 0 Å². The number of hydrogen-bond donors (Lipinski definition) is 0. The van der Waals surface area contributed by atoms with Gasteiger partial charge in [0.2, 0.25) is 4.96 Å². The summed E-state index contributed by atoms with van der Waals surface area (Å²) in [6.07, 6.45) is 0. The Labute approximate surface area is 97.3 Å². The Morgan fingerprint density at radius 1 is 1.56 bits per heavy atom. The van der Waals surface area contributed by atoms with Gasteiger partial charge in [0.15, 0.2) is 5.69 Å². The van der Waals surface area contributed by atoms with Crippen molar-refractivity contribution in [3.63, 3.8) is 0 Å². The molecule has 2 aromatic rings. The van der Waals surface area contributed by atoms with Gasteiger partial charge in [-0.05, 0) is 5.92 Å². The lowest BCUT2D eigenvalue weighted by molar-refractivity contribution is 0.183. The molecular weight excluding hydrogens is 224 g/mol. The monoisotopic (exact) mass is 236 g/mol. The van der Waals surface area contributed by atoms with Gasteiger partial charge in [0, 0.05) is 7.11 Å². The average molecular weight is 236 g/mol. The van der Waals surface area contributed by atoms with E-state index < -0.39 is 0 Å². The molecule has 2 rings (SSSR count). The fourth-order valence-corrected chi connectivity index (χ4v) is 2.37. The summed E-state index contributed by atoms with van der Waals surface area (Å²) >= 11 is 1.45. The molecule has 16 heavy (non-hydrogen) atoms. The first-order valence-electron chi connectivity index (χ1n) is 4.94. The molecule has 2 heterocycles. The molecule has 0 fully saturated rings. The fourth-order valence-electron chi connectivity index (χ4n) is 1.49. The molecule has 2 aromatic heterocycles. The number of methoxy groups -OCH3 is 1. The summed E-state index contributed by atoms with van der Waals surface area (Å²) in [6.45, 7) is 4.49. The van der Waals surface area contributed by atoms with Gasteiger partial charge in [-0.2, -0.15) is 14.9 Å². The van der Waals surface area contributed by atoms with E-state index in [0.29, 0.717) is 12.3 Å². The third-order valence-corrected chi connectivity index (χ3v) is 3.07. The highest BCUT2D eigenvalue weighted by atomic mass is 32.1. The maximum absolute atomic E-state index is 9.12. The normalized spacial score (nSPS) is 11.2. The summed E-state index contributed by atoms with van der Waals surface area (Å²) in [4.78, 5) is 5.18. The van der Waals surface area contributed by atoms with Gasteiger partial charge in [0.1, 0.15) is 11.1 Å². The van der Waals surface area contributed by atoms with Crippen molar-refractivity contribution in [1.29, 1.82) is 5.26 Å². The topological polar surface area (TPSA) is 63.2 Å². The second kappa shape index (κ2) is 4.20. The lowest BCUT2D eigenvalue weighted by Gasteiger charge is -1.98. The Bertz CT molecular complexity index is 549. The van der Waals surface area contributed by atoms with Gasteiger partial charge in [-0.1, -0.05) is 25.2 Å². The number of ether oxygens (including phenoxy) is 1. The van der Waals surface area contributed by atoms with Crippen LogP contribution in [-0.2, 0) is 11.3 Å². The van der Waals surface area contributed by atoms with Crippen molar-refractivity contribution < 1.29 is 4.74 Å². The largest absolute Gasteiger partial charge is 0.377 e. The summed E-state index contributed by atoms with van der Waals surface area (Å²) in [5, 5.41) is 14.2. The van der Waals surface area contributed by atoms with Crippen LogP contribution >= 0.6 is 11.3 Å². The zero-order chi connectivity index (χ0) is 11.7. The molecule has 0 N–H and O–H groups in total. The average Bonchev–Trinajstić information content (AvgIpc) is 2.74. The van der Waals surface area contributed by atoms with Crippen molar-refractivity contribution >= 4 is 16.3 Å². The lowest BCUT2D eigenvalue weighted by Crippen LogP contribution is -1.96. The van der Waals surface area contributed by atoms with E-state index in [1.165, 1.54) is 11.3 Å². The number of aromatic nitrogens is 3. The number of nitrogens with zero attached hydrogens (tertiary/aromatic N) is 4. The van der Waals surface area contributed by atoms with Crippen LogP contribution in [0.2, 0.25) is 0 Å². The minimum atomic E-state index is 0.231. The Morgan fingerprint density at radius 2 is 2.31 bits per heavy atom. The van der Waals surface area contributed by atoms with E-state index in [4.69, 9.17) is 10.00 Å². The van der Waals surface area contributed by atoms with Crippen molar-refractivity contribution in [1.82, 2.24) is 14.6 Å². The van der Waals surface area contributed by atoms with Gasteiger partial charge in [-0.25, -0.2) is 4.98 Å². The first-order valence-corrected chi connectivity index (χ1v) is 5.76. The van der Waals surface area contributed by atoms with Crippen LogP contribution in [0.3, 0.4) is 0 Å². The fraction of sp³-hybridized carbons (Fsp3) is 0.500. The maximum atomic E-state index is 9.12. The Balaban J connectivity index is 2.57. The van der Waals surface area contributed by atoms with Crippen LogP contribution in [0.25, 0.3) is 4.96 Å². The van der Waals surface area contributed by atoms with Gasteiger partial charge in [-0.15, -0.1) is 0 Å². The summed E-state index contributed by atoms with van der Waals surface area (Å²) < 4.78 is 6.61. The minimum absolute atomic E-state index is 0.231. The van der Waals surface area contributed by atoms with Crippen LogP contribution in [0.4, 0.5) is 0 Å². The third-order valence-electron chi connectivity index (χ3n) is 2.19. The molecule has 0 unspecified atom stereocenters. The smallest absolute Gasteiger partial charge is 0.213 e. The van der Waals surface area contributed by atoms with Crippen LogP contribution in [-0.4, -0.2) is 21.7 Å². The Hall–Kier alpha value is -1.45. The zero-order valence-electron chi connectivity index (χ0n) is 9.39. The molecule has 0 amide bonds. The van der Waals surface area contributed by atoms with Gasteiger partial charge < -0.3 is 4.74 Å². The van der Waals surface area contributed by atoms with Crippen molar-refractivity contribution in [2.75, 3.05) is 7.11 Å². The molecule has 0 saturated carbocycles. The van der Waals surface area contributed by atoms with E-state index in [2.05, 4.69) is 16.2 Å². The maximum Gasteiger partial charge on any atom is 0.213 e. The van der Waals surface area contributed by atoms with Crippen molar-refractivity contribution in [3.05, 3.63) is 16.4 Å². The van der Waals surface area contributed by atoms with Crippen molar-refractivity contribution in [2.45, 2.75) is 26.4 Å². The lowest BCUT2D eigenvalue weighted by atomic mass is 10.1. The molecule has 0 aliphatic heterocycles. The van der Waals surface area contributed by atoms with Crippen LogP contribution in [0.5, 0.6) is 0 Å². The van der Waals surface area contributed by atoms with Crippen LogP contribution in [0.1, 0.15) is 36.2 Å². The number of imidazole rings is 1. The highest BCUT2D eigenvalue weighted by Gasteiger charge is 2.18. The number of hydrogen-bond acceptors (Lipinski definition) is 5. The number of fused-ring (bicyclic) bond motifs is 1. The molecule has 0 aliphatic carbocycles. The predicted molar refractivity (Wildman–Crippen MR) is 60.4 cm³/mol. The molecule has 0 aliphatic rings. The second-order valence-corrected chi connectivity index (χ2v) is 4.78. The summed E-state index contributed by atoms with van der Waals surface area (Å²) in [5.74, 6) is 0.231. The molecule has 0 bridgehead atoms. The van der Waals surface area contributed by atoms with Gasteiger partial charge >= 0.3 is 0 Å². The molecule has 0 spiro atoms. The van der Waals surface area contributed by atoms with E-state index >= 15 is 0 Å². The van der Waals surface area contributed by atoms with Crippen LogP contribution in [0.15, 0.2) is 0 Å². The molecule has 0 aromatic carbocycles. The number of nitriles is 1. The van der Waals surface area contributed by atoms with E-state index in [1.54, 1.807) is 11.6 Å². The van der Waals surface area contributed by atoms with E-state index in [1.807, 2.05) is 13.8 Å². The molecule has 0 atom stereocenters. The summed E-state index contributed by atoms with van der Waals surface area (Å²) in [6, 6.07) is 2.16. The molecular formula is C10H12N4OS. The van der Waals surface area contributed by atoms with E-state index in [-0.39, 0.29) is 5.92 Å². The van der Waals surface area contributed by atoms with E-state index in [0.717, 1.165) is 15.7 Å². The van der Waals surface area contributed by atoms with Crippen LogP contribution < -0.4 is 0 Å². The zero-order valence-corrected chi connectivity index (χ0v) is 10.2. The van der Waals surface area contributed by atoms with Crippen LogP contribution in [0, 0.1) is 11.3 Å². The van der Waals surface area contributed by atoms with Crippen molar-refractivity contribution in [2.24, 2.45) is 0 Å². The molecule has 0 saturated heterocycles. The first-order chi connectivity index (χ1) is 7.67. The number of rotatable bonds is 3. The van der Waals surface area contributed by atoms with Crippen molar-refractivity contribution in [3.8, 4) is 6.07 Å². The van der Waals surface area contributed by atoms with Gasteiger partial charge in [0.05, 0.1) is 12.3 Å². The molecule has 84 valence electrons. The SMILES string of the molecule is COCc1nn2c(C#N)c(C(C)C)nc2s1. The first kappa shape index (κ1) is 11.0. The standard InChI is InChI=1S/C10H12N4OS/c1-6(2)9-7(4-11)14-10(12-9)16-8(13-14)5-15-3/h6H,5H2,1-3H3. The summed E-state index contributed by atoms with van der Waals surface area (Å²) in [5.41, 5.74) is 1.34. The minimum Gasteiger partial charge on any atom is -0.377 e. The third kappa shape index (κ3) is 1.68. The highest BCUT2D eigenvalue weighted by molar-refractivity contribution is 7.16. The summed E-state index contributed by atoms with van der Waals surface area (Å²) in [7, 11) is 1.62. The highest BCUT2D eigenvalue weighted by Crippen LogP contribution is 2.23. The Morgan fingerprint density at radius 3 is 2.88 bits per heavy atom. The second-order valence-electron chi connectivity index (χ2n) is 3.74. The molecule has 6 heteroatoms. The predicted octanol–water partition coefficient (Wildman–Crippen LogP) is 1.93. The Kier molecular flexibility index (Phi) is 2.90. The van der Waals surface area contributed by atoms with E-state index in [9.17, 15) is 0 Å². The van der Waals surface area contributed by atoms with Gasteiger partial charge in [0.25, 0.3) is 0 Å². The molecule has 0 radical (unpaired) electrons. The quantitative estimate of drug-likeness (QED) is 0.816. The molecule has 5 nitrogen and oxygen atoms in total.